The van der Waals surface area contributed by atoms with Gasteiger partial charge in [-0.3, -0.25) is 9.59 Å². The average molecular weight is 391 g/mol. The van der Waals surface area contributed by atoms with Crippen LogP contribution in [0.3, 0.4) is 0 Å². The highest BCUT2D eigenvalue weighted by Crippen LogP contribution is 2.24. The number of methoxy groups -OCH3 is 1. The summed E-state index contributed by atoms with van der Waals surface area (Å²) in [4.78, 5) is 28.9. The van der Waals surface area contributed by atoms with E-state index in [1.165, 1.54) is 5.56 Å². The third-order valence-electron chi connectivity index (χ3n) is 4.75. The first kappa shape index (κ1) is 20.5. The van der Waals surface area contributed by atoms with E-state index in [4.69, 9.17) is 9.15 Å². The molecule has 0 aliphatic heterocycles. The number of ketones is 2. The Labute approximate surface area is 170 Å². The van der Waals surface area contributed by atoms with Crippen LogP contribution in [0.15, 0.2) is 59.0 Å². The molecule has 2 aromatic carbocycles. The van der Waals surface area contributed by atoms with E-state index < -0.39 is 0 Å². The summed E-state index contributed by atoms with van der Waals surface area (Å²) in [6, 6.07) is 17.4. The van der Waals surface area contributed by atoms with Crippen molar-refractivity contribution in [2.45, 2.75) is 39.0 Å². The summed E-state index contributed by atoms with van der Waals surface area (Å²) in [6.07, 6.45) is 2.06. The van der Waals surface area contributed by atoms with Crippen molar-refractivity contribution in [2.24, 2.45) is 0 Å². The smallest absolute Gasteiger partial charge is 0.226 e. The third kappa shape index (κ3) is 5.88. The van der Waals surface area contributed by atoms with Crippen LogP contribution >= 0.6 is 0 Å². The summed E-state index contributed by atoms with van der Waals surface area (Å²) in [7, 11) is 1.61. The summed E-state index contributed by atoms with van der Waals surface area (Å²) in [5, 5.41) is 0. The van der Waals surface area contributed by atoms with Crippen molar-refractivity contribution in [1.29, 1.82) is 0 Å². The van der Waals surface area contributed by atoms with Crippen LogP contribution in [-0.4, -0.2) is 23.7 Å². The molecule has 0 bridgehead atoms. The highest BCUT2D eigenvalue weighted by Gasteiger charge is 2.17. The number of nitrogens with zero attached hydrogens (tertiary/aromatic N) is 1. The number of benzene rings is 2. The van der Waals surface area contributed by atoms with Crippen LogP contribution < -0.4 is 4.74 Å². The van der Waals surface area contributed by atoms with E-state index in [-0.39, 0.29) is 24.4 Å². The van der Waals surface area contributed by atoms with Crippen molar-refractivity contribution in [2.75, 3.05) is 7.11 Å². The molecule has 0 aliphatic carbocycles. The molecule has 0 amide bonds. The minimum Gasteiger partial charge on any atom is -0.497 e. The van der Waals surface area contributed by atoms with Gasteiger partial charge >= 0.3 is 0 Å². The maximum atomic E-state index is 12.3. The van der Waals surface area contributed by atoms with Crippen LogP contribution in [0.5, 0.6) is 5.75 Å². The lowest BCUT2D eigenvalue weighted by Crippen LogP contribution is -2.11. The fourth-order valence-corrected chi connectivity index (χ4v) is 3.14. The Hall–Kier alpha value is -3.21. The Kier molecular flexibility index (Phi) is 6.95. The lowest BCUT2D eigenvalue weighted by molar-refractivity contribution is -0.126. The van der Waals surface area contributed by atoms with Gasteiger partial charge < -0.3 is 9.15 Å². The second-order valence-corrected chi connectivity index (χ2v) is 7.02. The van der Waals surface area contributed by atoms with Crippen LogP contribution in [0, 0.1) is 6.92 Å². The van der Waals surface area contributed by atoms with Gasteiger partial charge in [0.05, 0.1) is 25.6 Å². The van der Waals surface area contributed by atoms with E-state index in [1.54, 1.807) is 14.0 Å². The standard InChI is InChI=1S/C24H25NO4/c1-17-23(25-24(29-17)19-11-13-22(28-2)14-12-19)16-21(27)15-20(26)10-6-9-18-7-4-3-5-8-18/h3-5,7-8,11-14H,6,9-10,15-16H2,1-2H3. The van der Waals surface area contributed by atoms with E-state index in [0.29, 0.717) is 23.8 Å². The Morgan fingerprint density at radius 2 is 1.72 bits per heavy atom. The lowest BCUT2D eigenvalue weighted by atomic mass is 10.0. The molecule has 0 saturated carbocycles. The lowest BCUT2D eigenvalue weighted by Gasteiger charge is -2.02. The molecule has 0 aliphatic rings. The molecule has 0 radical (unpaired) electrons. The normalized spacial score (nSPS) is 10.7. The Morgan fingerprint density at radius 1 is 1.00 bits per heavy atom. The number of ether oxygens (including phenoxy) is 1. The first-order valence-electron chi connectivity index (χ1n) is 9.73. The zero-order valence-electron chi connectivity index (χ0n) is 16.8. The van der Waals surface area contributed by atoms with Crippen molar-refractivity contribution in [1.82, 2.24) is 4.98 Å². The van der Waals surface area contributed by atoms with Crippen molar-refractivity contribution < 1.29 is 18.7 Å². The minimum atomic E-state index is -0.132. The number of hydrogen-bond donors (Lipinski definition) is 0. The van der Waals surface area contributed by atoms with E-state index in [0.717, 1.165) is 24.2 Å². The molecular weight excluding hydrogens is 366 g/mol. The SMILES string of the molecule is COc1ccc(-c2nc(CC(=O)CC(=O)CCCc3ccccc3)c(C)o2)cc1. The quantitative estimate of drug-likeness (QED) is 0.466. The Morgan fingerprint density at radius 3 is 2.41 bits per heavy atom. The maximum absolute atomic E-state index is 12.3. The van der Waals surface area contributed by atoms with Gasteiger partial charge in [-0.2, -0.15) is 0 Å². The second kappa shape index (κ2) is 9.82. The molecule has 1 heterocycles. The fourth-order valence-electron chi connectivity index (χ4n) is 3.14. The fraction of sp³-hybridized carbons (Fsp3) is 0.292. The number of hydrogen-bond acceptors (Lipinski definition) is 5. The topological polar surface area (TPSA) is 69.4 Å². The van der Waals surface area contributed by atoms with E-state index in [2.05, 4.69) is 4.98 Å². The van der Waals surface area contributed by atoms with Crippen LogP contribution in [0.2, 0.25) is 0 Å². The van der Waals surface area contributed by atoms with Crippen molar-refractivity contribution in [3.05, 3.63) is 71.6 Å². The van der Waals surface area contributed by atoms with Gasteiger partial charge in [0.1, 0.15) is 23.1 Å². The Bertz CT molecular complexity index is 958. The summed E-state index contributed by atoms with van der Waals surface area (Å²) in [6.45, 7) is 1.78. The van der Waals surface area contributed by atoms with Crippen molar-refractivity contribution in [3.8, 4) is 17.2 Å². The van der Waals surface area contributed by atoms with Crippen LogP contribution in [-0.2, 0) is 22.4 Å². The predicted octanol–water partition coefficient (Wildman–Crippen LogP) is 4.75. The zero-order valence-corrected chi connectivity index (χ0v) is 16.8. The molecule has 5 heteroatoms. The van der Waals surface area contributed by atoms with Crippen LogP contribution in [0.25, 0.3) is 11.5 Å². The van der Waals surface area contributed by atoms with Gasteiger partial charge in [0.2, 0.25) is 5.89 Å². The molecule has 150 valence electrons. The molecule has 0 saturated heterocycles. The molecule has 0 fully saturated rings. The molecule has 29 heavy (non-hydrogen) atoms. The first-order valence-corrected chi connectivity index (χ1v) is 9.73. The highest BCUT2D eigenvalue weighted by molar-refractivity contribution is 5.99. The number of aryl methyl sites for hydroxylation is 2. The van der Waals surface area contributed by atoms with Gasteiger partial charge in [-0.05, 0) is 49.6 Å². The number of carbonyl (C=O) groups excluding carboxylic acids is 2. The van der Waals surface area contributed by atoms with E-state index in [1.807, 2.05) is 54.6 Å². The van der Waals surface area contributed by atoms with Gasteiger partial charge in [0.15, 0.2) is 0 Å². The average Bonchev–Trinajstić information content (AvgIpc) is 3.09. The van der Waals surface area contributed by atoms with Gasteiger partial charge in [-0.1, -0.05) is 30.3 Å². The zero-order chi connectivity index (χ0) is 20.6. The van der Waals surface area contributed by atoms with Gasteiger partial charge in [-0.25, -0.2) is 4.98 Å². The molecule has 5 nitrogen and oxygen atoms in total. The van der Waals surface area contributed by atoms with E-state index in [9.17, 15) is 9.59 Å². The Balaban J connectivity index is 1.50. The second-order valence-electron chi connectivity index (χ2n) is 7.02. The molecule has 0 N–H and O–H groups in total. The molecular formula is C24H25NO4. The summed E-state index contributed by atoms with van der Waals surface area (Å²) >= 11 is 0. The minimum absolute atomic E-state index is 0.0255. The number of rotatable bonds is 10. The number of Topliss-reactive ketones (excluding diaryl/α,β-unsaturated/α-hetero) is 2. The highest BCUT2D eigenvalue weighted by atomic mass is 16.5. The number of carbonyl (C=O) groups is 2. The largest absolute Gasteiger partial charge is 0.497 e. The molecule has 3 rings (SSSR count). The first-order chi connectivity index (χ1) is 14.0. The van der Waals surface area contributed by atoms with Crippen molar-refractivity contribution >= 4 is 11.6 Å². The van der Waals surface area contributed by atoms with Gasteiger partial charge in [-0.15, -0.1) is 0 Å². The summed E-state index contributed by atoms with van der Waals surface area (Å²) < 4.78 is 10.9. The van der Waals surface area contributed by atoms with Crippen LogP contribution in [0.1, 0.15) is 36.3 Å². The monoisotopic (exact) mass is 391 g/mol. The molecule has 3 aromatic rings. The van der Waals surface area contributed by atoms with Gasteiger partial charge in [0, 0.05) is 12.0 Å². The number of oxazole rings is 1. The van der Waals surface area contributed by atoms with Crippen molar-refractivity contribution in [3.63, 3.8) is 0 Å². The van der Waals surface area contributed by atoms with E-state index >= 15 is 0 Å². The molecule has 0 atom stereocenters. The number of aromatic nitrogens is 1. The third-order valence-corrected chi connectivity index (χ3v) is 4.75. The molecule has 0 spiro atoms. The molecule has 1 aromatic heterocycles. The van der Waals surface area contributed by atoms with Gasteiger partial charge in [0.25, 0.3) is 0 Å². The van der Waals surface area contributed by atoms with Crippen LogP contribution in [0.4, 0.5) is 0 Å². The predicted molar refractivity (Wildman–Crippen MR) is 111 cm³/mol. The molecule has 0 unspecified atom stereocenters. The summed E-state index contributed by atoms with van der Waals surface area (Å²) in [5.74, 6) is 1.65. The maximum Gasteiger partial charge on any atom is 0.226 e. The summed E-state index contributed by atoms with van der Waals surface area (Å²) in [5.41, 5.74) is 2.60.